The van der Waals surface area contributed by atoms with Gasteiger partial charge in [-0.25, -0.2) is 0 Å². The zero-order chi connectivity index (χ0) is 18.8. The SMILES string of the molecule is O=C1c2c(Cl)cc(NCc3ccncc3)cc2CN1CC1=CCC(Cl)C=C1. The lowest BCUT2D eigenvalue weighted by atomic mass is 10.1. The number of hydrogen-bond acceptors (Lipinski definition) is 3. The van der Waals surface area contributed by atoms with E-state index in [-0.39, 0.29) is 11.3 Å². The number of aromatic nitrogens is 1. The average molecular weight is 400 g/mol. The Morgan fingerprint density at radius 3 is 2.81 bits per heavy atom. The predicted molar refractivity (Wildman–Crippen MR) is 109 cm³/mol. The van der Waals surface area contributed by atoms with Crippen LogP contribution in [0, 0.1) is 0 Å². The molecule has 1 aromatic carbocycles. The summed E-state index contributed by atoms with van der Waals surface area (Å²) >= 11 is 12.5. The lowest BCUT2D eigenvalue weighted by Crippen LogP contribution is -2.26. The number of carbonyl (C=O) groups is 1. The van der Waals surface area contributed by atoms with Crippen LogP contribution < -0.4 is 5.32 Å². The van der Waals surface area contributed by atoms with Crippen LogP contribution in [-0.2, 0) is 13.1 Å². The van der Waals surface area contributed by atoms with Crippen LogP contribution in [0.5, 0.6) is 0 Å². The van der Waals surface area contributed by atoms with Gasteiger partial charge in [0.25, 0.3) is 5.91 Å². The van der Waals surface area contributed by atoms with Gasteiger partial charge in [-0.3, -0.25) is 9.78 Å². The average Bonchev–Trinajstić information content (AvgIpc) is 2.98. The summed E-state index contributed by atoms with van der Waals surface area (Å²) in [5.74, 6) is -0.0158. The number of amides is 1. The highest BCUT2D eigenvalue weighted by Crippen LogP contribution is 2.33. The van der Waals surface area contributed by atoms with Gasteiger partial charge in [0.1, 0.15) is 0 Å². The van der Waals surface area contributed by atoms with E-state index in [1.54, 1.807) is 12.4 Å². The molecular formula is C21H19Cl2N3O. The van der Waals surface area contributed by atoms with Gasteiger partial charge >= 0.3 is 0 Å². The number of nitrogens with one attached hydrogen (secondary N) is 1. The second-order valence-corrected chi connectivity index (χ2v) is 7.72. The number of pyridine rings is 1. The Balaban J connectivity index is 1.48. The maximum Gasteiger partial charge on any atom is 0.256 e. The Labute approximate surface area is 168 Å². The van der Waals surface area contributed by atoms with E-state index in [9.17, 15) is 4.79 Å². The first kappa shape index (κ1) is 18.1. The molecule has 0 saturated heterocycles. The zero-order valence-electron chi connectivity index (χ0n) is 14.7. The van der Waals surface area contributed by atoms with E-state index in [1.807, 2.05) is 41.3 Å². The molecule has 1 aromatic heterocycles. The normalized spacial score (nSPS) is 18.4. The molecule has 1 aliphatic heterocycles. The molecule has 1 aliphatic carbocycles. The summed E-state index contributed by atoms with van der Waals surface area (Å²) in [5, 5.41) is 3.91. The molecule has 1 N–H and O–H groups in total. The summed E-state index contributed by atoms with van der Waals surface area (Å²) in [6, 6.07) is 7.76. The third-order valence-electron chi connectivity index (χ3n) is 4.78. The first-order valence-corrected chi connectivity index (χ1v) is 9.67. The maximum atomic E-state index is 12.8. The van der Waals surface area contributed by atoms with Gasteiger partial charge in [0.05, 0.1) is 16.0 Å². The Morgan fingerprint density at radius 1 is 1.26 bits per heavy atom. The number of anilines is 1. The molecule has 0 fully saturated rings. The molecule has 0 bridgehead atoms. The number of nitrogens with zero attached hydrogens (tertiary/aromatic N) is 2. The van der Waals surface area contributed by atoms with E-state index < -0.39 is 0 Å². The zero-order valence-corrected chi connectivity index (χ0v) is 16.2. The Hall–Kier alpha value is -2.30. The minimum atomic E-state index is -0.0158. The van der Waals surface area contributed by atoms with E-state index in [0.29, 0.717) is 30.2 Å². The molecule has 2 aromatic rings. The second-order valence-electron chi connectivity index (χ2n) is 6.75. The van der Waals surface area contributed by atoms with Crippen LogP contribution in [0.4, 0.5) is 5.69 Å². The summed E-state index contributed by atoms with van der Waals surface area (Å²) in [5.41, 5.74) is 4.72. The quantitative estimate of drug-likeness (QED) is 0.734. The van der Waals surface area contributed by atoms with Crippen molar-refractivity contribution in [2.75, 3.05) is 11.9 Å². The van der Waals surface area contributed by atoms with Gasteiger partial charge in [-0.1, -0.05) is 29.8 Å². The molecule has 4 rings (SSSR count). The Kier molecular flexibility index (Phi) is 5.19. The van der Waals surface area contributed by atoms with Crippen molar-refractivity contribution in [2.45, 2.75) is 24.9 Å². The summed E-state index contributed by atoms with van der Waals surface area (Å²) in [7, 11) is 0. The van der Waals surface area contributed by atoms with Crippen LogP contribution in [0.15, 0.2) is 60.5 Å². The van der Waals surface area contributed by atoms with Crippen molar-refractivity contribution >= 4 is 34.8 Å². The molecule has 4 nitrogen and oxygen atoms in total. The fourth-order valence-electron chi connectivity index (χ4n) is 3.37. The Bertz CT molecular complexity index is 925. The van der Waals surface area contributed by atoms with Crippen molar-refractivity contribution in [2.24, 2.45) is 0 Å². The molecule has 6 heteroatoms. The maximum absolute atomic E-state index is 12.8. The topological polar surface area (TPSA) is 45.2 Å². The molecular weight excluding hydrogens is 381 g/mol. The fourth-order valence-corrected chi connectivity index (χ4v) is 3.86. The van der Waals surface area contributed by atoms with Crippen molar-refractivity contribution in [1.29, 1.82) is 0 Å². The van der Waals surface area contributed by atoms with Gasteiger partial charge in [0.2, 0.25) is 0 Å². The lowest BCUT2D eigenvalue weighted by molar-refractivity contribution is 0.0793. The van der Waals surface area contributed by atoms with Crippen molar-refractivity contribution < 1.29 is 4.79 Å². The number of alkyl halides is 1. The highest BCUT2D eigenvalue weighted by atomic mass is 35.5. The number of fused-ring (bicyclic) bond motifs is 1. The summed E-state index contributed by atoms with van der Waals surface area (Å²) in [6.45, 7) is 1.81. The first-order chi connectivity index (χ1) is 13.1. The van der Waals surface area contributed by atoms with E-state index in [2.05, 4.69) is 16.4 Å². The summed E-state index contributed by atoms with van der Waals surface area (Å²) < 4.78 is 0. The van der Waals surface area contributed by atoms with Gasteiger partial charge in [-0.05, 0) is 47.4 Å². The number of carbonyl (C=O) groups excluding carboxylic acids is 1. The van der Waals surface area contributed by atoms with Gasteiger partial charge in [0, 0.05) is 37.7 Å². The highest BCUT2D eigenvalue weighted by Gasteiger charge is 2.30. The number of rotatable bonds is 5. The van der Waals surface area contributed by atoms with Gasteiger partial charge in [-0.15, -0.1) is 11.6 Å². The molecule has 27 heavy (non-hydrogen) atoms. The smallest absolute Gasteiger partial charge is 0.256 e. The van der Waals surface area contributed by atoms with Crippen LogP contribution in [0.1, 0.15) is 27.9 Å². The van der Waals surface area contributed by atoms with Crippen molar-refractivity contribution in [3.63, 3.8) is 0 Å². The molecule has 1 amide bonds. The monoisotopic (exact) mass is 399 g/mol. The predicted octanol–water partition coefficient (Wildman–Crippen LogP) is 4.80. The van der Waals surface area contributed by atoms with Crippen molar-refractivity contribution in [3.05, 3.63) is 82.2 Å². The van der Waals surface area contributed by atoms with Crippen molar-refractivity contribution in [3.8, 4) is 0 Å². The Morgan fingerprint density at radius 2 is 2.07 bits per heavy atom. The number of allylic oxidation sites excluding steroid dienone is 2. The molecule has 0 radical (unpaired) electrons. The number of halogens is 2. The van der Waals surface area contributed by atoms with E-state index in [0.717, 1.165) is 28.8 Å². The standard InChI is InChI=1S/C21H19Cl2N3O/c22-17-3-1-15(2-4-17)12-26-13-16-9-18(10-19(23)20(16)21(26)27)25-11-14-5-7-24-8-6-14/h1-3,5-10,17,25H,4,11-13H2. The largest absolute Gasteiger partial charge is 0.381 e. The third-order valence-corrected chi connectivity index (χ3v) is 5.40. The summed E-state index contributed by atoms with van der Waals surface area (Å²) in [6.07, 6.45) is 10.4. The molecule has 0 saturated carbocycles. The molecule has 0 spiro atoms. The highest BCUT2D eigenvalue weighted by molar-refractivity contribution is 6.34. The third kappa shape index (κ3) is 4.02. The number of hydrogen-bond donors (Lipinski definition) is 1. The molecule has 1 atom stereocenters. The summed E-state index contributed by atoms with van der Waals surface area (Å²) in [4.78, 5) is 18.6. The van der Waals surface area contributed by atoms with Gasteiger partial charge < -0.3 is 10.2 Å². The van der Waals surface area contributed by atoms with Gasteiger partial charge in [0.15, 0.2) is 0 Å². The second kappa shape index (κ2) is 7.75. The fraction of sp³-hybridized carbons (Fsp3) is 0.238. The van der Waals surface area contributed by atoms with E-state index in [4.69, 9.17) is 23.2 Å². The van der Waals surface area contributed by atoms with Crippen LogP contribution in [0.2, 0.25) is 5.02 Å². The number of benzene rings is 1. The molecule has 2 aliphatic rings. The van der Waals surface area contributed by atoms with Crippen molar-refractivity contribution in [1.82, 2.24) is 9.88 Å². The van der Waals surface area contributed by atoms with Crippen LogP contribution in [0.3, 0.4) is 0 Å². The minimum Gasteiger partial charge on any atom is -0.381 e. The first-order valence-electron chi connectivity index (χ1n) is 8.86. The minimum absolute atomic E-state index is 0.0158. The van der Waals surface area contributed by atoms with E-state index >= 15 is 0 Å². The van der Waals surface area contributed by atoms with Crippen LogP contribution in [-0.4, -0.2) is 27.7 Å². The van der Waals surface area contributed by atoms with Gasteiger partial charge in [-0.2, -0.15) is 0 Å². The molecule has 1 unspecified atom stereocenters. The van der Waals surface area contributed by atoms with Crippen LogP contribution in [0.25, 0.3) is 0 Å². The lowest BCUT2D eigenvalue weighted by Gasteiger charge is -2.18. The molecule has 138 valence electrons. The molecule has 2 heterocycles. The van der Waals surface area contributed by atoms with Crippen LogP contribution >= 0.6 is 23.2 Å². The van der Waals surface area contributed by atoms with E-state index in [1.165, 1.54) is 0 Å².